The van der Waals surface area contributed by atoms with Crippen LogP contribution in [0.3, 0.4) is 0 Å². The molecule has 0 saturated carbocycles. The van der Waals surface area contributed by atoms with Gasteiger partial charge in [-0.05, 0) is 31.2 Å². The smallest absolute Gasteiger partial charge is 0.320 e. The normalized spacial score (nSPS) is 14.9. The molecular weight excluding hydrogens is 474 g/mol. The number of ether oxygens (including phenoxy) is 2. The van der Waals surface area contributed by atoms with Gasteiger partial charge in [-0.1, -0.05) is 25.4 Å². The Hall–Kier alpha value is -2.08. The summed E-state index contributed by atoms with van der Waals surface area (Å²) in [4.78, 5) is 26.6. The number of carbonyl (C=O) groups excluding carboxylic acids is 2. The molecule has 1 aromatic rings. The molecule has 1 heterocycles. The zero-order chi connectivity index (χ0) is 25.2. The fraction of sp³-hybridized carbons (Fsp3) is 0.619. The maximum absolute atomic E-state index is 12.6. The number of esters is 1. The molecule has 0 radical (unpaired) electrons. The van der Waals surface area contributed by atoms with Crippen LogP contribution in [0.1, 0.15) is 43.5 Å². The molecule has 0 aromatic heterocycles. The molecule has 0 unspecified atom stereocenters. The summed E-state index contributed by atoms with van der Waals surface area (Å²) < 4.78 is 36.4. The summed E-state index contributed by atoms with van der Waals surface area (Å²) in [7, 11) is -2.18. The molecule has 10 nitrogen and oxygen atoms in total. The number of nitrogen functional groups attached to an aromatic ring is 1. The van der Waals surface area contributed by atoms with Crippen LogP contribution < -0.4 is 15.8 Å². The summed E-state index contributed by atoms with van der Waals surface area (Å²) in [5.41, 5.74) is 6.49. The van der Waals surface area contributed by atoms with E-state index in [9.17, 15) is 18.0 Å². The number of anilines is 1. The summed E-state index contributed by atoms with van der Waals surface area (Å²) >= 11 is 6.04. The van der Waals surface area contributed by atoms with E-state index in [2.05, 4.69) is 24.1 Å². The van der Waals surface area contributed by atoms with E-state index in [1.54, 1.807) is 6.07 Å². The molecule has 1 fully saturated rings. The van der Waals surface area contributed by atoms with Gasteiger partial charge in [0, 0.05) is 25.2 Å². The number of amides is 1. The van der Waals surface area contributed by atoms with Gasteiger partial charge < -0.3 is 20.5 Å². The molecule has 1 aromatic carbocycles. The van der Waals surface area contributed by atoms with Gasteiger partial charge in [0.1, 0.15) is 5.75 Å². The van der Waals surface area contributed by atoms with Crippen molar-refractivity contribution in [3.05, 3.63) is 22.7 Å². The topological polar surface area (TPSA) is 148 Å². The number of methoxy groups -OCH3 is 1. The molecule has 0 atom stereocenters. The highest BCUT2D eigenvalue weighted by molar-refractivity contribution is 7.85. The minimum Gasteiger partial charge on any atom is -0.496 e. The van der Waals surface area contributed by atoms with Gasteiger partial charge in [-0.2, -0.15) is 8.42 Å². The number of benzene rings is 1. The molecule has 1 aliphatic rings. The molecule has 33 heavy (non-hydrogen) atoms. The van der Waals surface area contributed by atoms with Crippen LogP contribution in [-0.2, 0) is 19.6 Å². The number of nitrogens with two attached hydrogens (primary N) is 1. The quantitative estimate of drug-likeness (QED) is 0.273. The molecule has 0 bridgehead atoms. The third kappa shape index (κ3) is 12.1. The predicted molar refractivity (Wildman–Crippen MR) is 127 cm³/mol. The molecule has 0 aliphatic carbocycles. The van der Waals surface area contributed by atoms with E-state index in [1.807, 2.05) is 0 Å². The predicted octanol–water partition coefficient (Wildman–Crippen LogP) is 2.22. The number of halogens is 1. The standard InChI is InChI=1S/C20H30ClN3O4.CH4O3S/c1-13(2)6-9-28-19(25)12-24-7-4-14(5-8-24)23-20(26)15-10-16(21)17(22)11-18(15)27-3;1-5(2,3)4/h10-11,13-14H,4-9,12,22H2,1-3H3,(H,23,26);1H3,(H,2,3,4). The summed E-state index contributed by atoms with van der Waals surface area (Å²) in [5.74, 6) is 0.470. The highest BCUT2D eigenvalue weighted by Gasteiger charge is 2.24. The van der Waals surface area contributed by atoms with Crippen LogP contribution in [0.25, 0.3) is 0 Å². The lowest BCUT2D eigenvalue weighted by atomic mass is 10.0. The zero-order valence-corrected chi connectivity index (χ0v) is 21.0. The van der Waals surface area contributed by atoms with Gasteiger partial charge in [-0.3, -0.25) is 19.0 Å². The summed E-state index contributed by atoms with van der Waals surface area (Å²) in [6.45, 7) is 6.41. The number of nitrogens with one attached hydrogen (secondary N) is 1. The lowest BCUT2D eigenvalue weighted by Gasteiger charge is -2.31. The molecule has 0 spiro atoms. The van der Waals surface area contributed by atoms with Crippen LogP contribution in [0.5, 0.6) is 5.75 Å². The molecule has 4 N–H and O–H groups in total. The van der Waals surface area contributed by atoms with E-state index in [-0.39, 0.29) is 17.9 Å². The Morgan fingerprint density at radius 1 is 1.30 bits per heavy atom. The highest BCUT2D eigenvalue weighted by Crippen LogP contribution is 2.29. The van der Waals surface area contributed by atoms with Crippen molar-refractivity contribution < 1.29 is 32.0 Å². The average molecular weight is 508 g/mol. The monoisotopic (exact) mass is 507 g/mol. The fourth-order valence-electron chi connectivity index (χ4n) is 3.05. The number of likely N-dealkylation sites (tertiary alicyclic amines) is 1. The third-order valence-corrected chi connectivity index (χ3v) is 5.12. The number of hydrogen-bond donors (Lipinski definition) is 3. The second-order valence-corrected chi connectivity index (χ2v) is 10.1. The summed E-state index contributed by atoms with van der Waals surface area (Å²) in [6.07, 6.45) is 3.11. The number of carbonyl (C=O) groups is 2. The van der Waals surface area contributed by atoms with Gasteiger partial charge in [0.05, 0.1) is 42.8 Å². The van der Waals surface area contributed by atoms with Crippen LogP contribution in [0.2, 0.25) is 5.02 Å². The minimum absolute atomic E-state index is 0.0294. The fourth-order valence-corrected chi connectivity index (χ4v) is 3.21. The van der Waals surface area contributed by atoms with Crippen molar-refractivity contribution in [3.63, 3.8) is 0 Å². The van der Waals surface area contributed by atoms with Gasteiger partial charge in [-0.15, -0.1) is 0 Å². The average Bonchev–Trinajstić information content (AvgIpc) is 2.69. The first kappa shape index (κ1) is 29.0. The summed E-state index contributed by atoms with van der Waals surface area (Å²) in [6, 6.07) is 3.10. The van der Waals surface area contributed by atoms with E-state index in [0.29, 0.717) is 47.3 Å². The van der Waals surface area contributed by atoms with Crippen molar-refractivity contribution >= 4 is 39.3 Å². The Morgan fingerprint density at radius 2 is 1.88 bits per heavy atom. The van der Waals surface area contributed by atoms with E-state index in [4.69, 9.17) is 31.4 Å². The molecule has 1 aliphatic heterocycles. The van der Waals surface area contributed by atoms with Gasteiger partial charge in [0.2, 0.25) is 0 Å². The van der Waals surface area contributed by atoms with E-state index in [0.717, 1.165) is 32.4 Å². The first-order chi connectivity index (χ1) is 15.3. The van der Waals surface area contributed by atoms with Crippen LogP contribution in [0.15, 0.2) is 12.1 Å². The third-order valence-electron chi connectivity index (χ3n) is 4.80. The van der Waals surface area contributed by atoms with Gasteiger partial charge in [0.25, 0.3) is 16.0 Å². The number of hydrogen-bond acceptors (Lipinski definition) is 8. The Morgan fingerprint density at radius 3 is 2.39 bits per heavy atom. The maximum Gasteiger partial charge on any atom is 0.320 e. The van der Waals surface area contributed by atoms with E-state index < -0.39 is 10.1 Å². The Bertz CT molecular complexity index is 893. The minimum atomic E-state index is -3.67. The maximum atomic E-state index is 12.6. The molecule has 12 heteroatoms. The van der Waals surface area contributed by atoms with Gasteiger partial charge in [0.15, 0.2) is 0 Å². The van der Waals surface area contributed by atoms with Crippen molar-refractivity contribution in [1.82, 2.24) is 10.2 Å². The number of nitrogens with zero attached hydrogens (tertiary/aromatic N) is 1. The molecule has 188 valence electrons. The first-order valence-electron chi connectivity index (χ1n) is 10.5. The lowest BCUT2D eigenvalue weighted by molar-refractivity contribution is -0.145. The Labute approximate surface area is 200 Å². The van der Waals surface area contributed by atoms with E-state index in [1.165, 1.54) is 13.2 Å². The summed E-state index contributed by atoms with van der Waals surface area (Å²) in [5, 5.41) is 3.33. The van der Waals surface area contributed by atoms with Gasteiger partial charge in [-0.25, -0.2) is 0 Å². The van der Waals surface area contributed by atoms with Crippen molar-refractivity contribution in [1.29, 1.82) is 0 Å². The molecule has 1 amide bonds. The largest absolute Gasteiger partial charge is 0.496 e. The van der Waals surface area contributed by atoms with Crippen LogP contribution in [0, 0.1) is 5.92 Å². The second-order valence-electron chi connectivity index (χ2n) is 8.23. The van der Waals surface area contributed by atoms with Gasteiger partial charge >= 0.3 is 5.97 Å². The van der Waals surface area contributed by atoms with Crippen LogP contribution in [-0.4, -0.2) is 75.4 Å². The molecular formula is C21H34ClN3O7S. The Kier molecular flexibility index (Phi) is 11.9. The van der Waals surface area contributed by atoms with Crippen LogP contribution in [0.4, 0.5) is 5.69 Å². The SMILES string of the molecule is COc1cc(N)c(Cl)cc1C(=O)NC1CCN(CC(=O)OCCC(C)C)CC1.CS(=O)(=O)O. The van der Waals surface area contributed by atoms with Crippen molar-refractivity contribution in [2.75, 3.05) is 45.3 Å². The number of rotatable bonds is 8. The second kappa shape index (κ2) is 13.6. The lowest BCUT2D eigenvalue weighted by Crippen LogP contribution is -2.46. The van der Waals surface area contributed by atoms with Crippen molar-refractivity contribution in [2.24, 2.45) is 5.92 Å². The van der Waals surface area contributed by atoms with E-state index >= 15 is 0 Å². The number of piperidine rings is 1. The molecule has 2 rings (SSSR count). The van der Waals surface area contributed by atoms with Crippen LogP contribution >= 0.6 is 11.6 Å². The zero-order valence-electron chi connectivity index (χ0n) is 19.5. The Balaban J connectivity index is 0.000000981. The first-order valence-corrected chi connectivity index (χ1v) is 12.8. The highest BCUT2D eigenvalue weighted by atomic mass is 35.5. The molecule has 1 saturated heterocycles. The van der Waals surface area contributed by atoms with Crippen molar-refractivity contribution in [2.45, 2.75) is 39.2 Å². The van der Waals surface area contributed by atoms with Crippen molar-refractivity contribution in [3.8, 4) is 5.75 Å².